The number of hydrogen-bond acceptors (Lipinski definition) is 7. The second kappa shape index (κ2) is 9.50. The predicted octanol–water partition coefficient (Wildman–Crippen LogP) is 4.51. The van der Waals surface area contributed by atoms with E-state index in [0.29, 0.717) is 39.4 Å². The third kappa shape index (κ3) is 6.95. The van der Waals surface area contributed by atoms with Gasteiger partial charge in [-0.2, -0.15) is 18.2 Å². The minimum absolute atomic E-state index is 0.146. The Kier molecular flexibility index (Phi) is 6.93. The van der Waals surface area contributed by atoms with Crippen molar-refractivity contribution in [2.75, 3.05) is 15.4 Å². The first-order valence-electron chi connectivity index (χ1n) is 8.97. The van der Waals surface area contributed by atoms with E-state index in [1.807, 2.05) is 6.07 Å². The Bertz CT molecular complexity index is 1290. The molecular formula is C19H15ClF3N5O4S. The molecule has 4 N–H and O–H groups in total. The minimum Gasteiger partial charge on any atom is -0.475 e. The maximum Gasteiger partial charge on any atom is 0.490 e. The van der Waals surface area contributed by atoms with E-state index in [0.717, 1.165) is 0 Å². The van der Waals surface area contributed by atoms with Gasteiger partial charge in [-0.1, -0.05) is 29.8 Å². The molecule has 33 heavy (non-hydrogen) atoms. The van der Waals surface area contributed by atoms with Gasteiger partial charge in [-0.05, 0) is 35.9 Å². The molecule has 0 radical (unpaired) electrons. The van der Waals surface area contributed by atoms with Gasteiger partial charge in [0.1, 0.15) is 5.02 Å². The van der Waals surface area contributed by atoms with Crippen molar-refractivity contribution in [3.05, 3.63) is 65.3 Å². The molecule has 1 aliphatic rings. The van der Waals surface area contributed by atoms with E-state index >= 15 is 0 Å². The molecule has 0 saturated carbocycles. The number of sulfonamides is 1. The Morgan fingerprint density at radius 1 is 1.03 bits per heavy atom. The number of carboxylic acid groups (broad SMARTS) is 1. The molecule has 0 atom stereocenters. The monoisotopic (exact) mass is 501 g/mol. The normalized spacial score (nSPS) is 14.2. The van der Waals surface area contributed by atoms with E-state index in [1.54, 1.807) is 42.5 Å². The molecule has 3 aromatic rings. The molecule has 174 valence electrons. The fraction of sp³-hybridized carbons (Fsp3) is 0.105. The summed E-state index contributed by atoms with van der Waals surface area (Å²) in [5, 5.41) is 13.6. The summed E-state index contributed by atoms with van der Waals surface area (Å²) >= 11 is 6.18. The van der Waals surface area contributed by atoms with Crippen LogP contribution in [0.3, 0.4) is 0 Å². The lowest BCUT2D eigenvalue weighted by atomic mass is 10.2. The third-order valence-corrected chi connectivity index (χ3v) is 5.46. The highest BCUT2D eigenvalue weighted by molar-refractivity contribution is 7.91. The van der Waals surface area contributed by atoms with Gasteiger partial charge in [0.15, 0.2) is 5.82 Å². The van der Waals surface area contributed by atoms with Crippen molar-refractivity contribution in [2.24, 2.45) is 0 Å². The van der Waals surface area contributed by atoms with Crippen LogP contribution in [0.5, 0.6) is 0 Å². The maximum atomic E-state index is 12.5. The first-order valence-corrected chi connectivity index (χ1v) is 11.0. The Morgan fingerprint density at radius 3 is 2.30 bits per heavy atom. The smallest absolute Gasteiger partial charge is 0.475 e. The van der Waals surface area contributed by atoms with Gasteiger partial charge in [-0.3, -0.25) is 4.72 Å². The van der Waals surface area contributed by atoms with Crippen molar-refractivity contribution in [2.45, 2.75) is 11.9 Å². The van der Waals surface area contributed by atoms with Crippen LogP contribution in [0, 0.1) is 0 Å². The van der Waals surface area contributed by atoms with Crippen LogP contribution in [0.4, 0.5) is 42.0 Å². The zero-order chi connectivity index (χ0) is 24.2. The highest BCUT2D eigenvalue weighted by atomic mass is 35.5. The summed E-state index contributed by atoms with van der Waals surface area (Å²) in [6.45, 7) is 0. The van der Waals surface area contributed by atoms with Gasteiger partial charge in [-0.25, -0.2) is 18.2 Å². The van der Waals surface area contributed by atoms with Crippen LogP contribution < -0.4 is 15.4 Å². The number of aliphatic carboxylic acids is 1. The number of anilines is 5. The van der Waals surface area contributed by atoms with Crippen molar-refractivity contribution in [3.8, 4) is 0 Å². The lowest BCUT2D eigenvalue weighted by Gasteiger charge is -2.14. The molecule has 0 fully saturated rings. The van der Waals surface area contributed by atoms with Crippen molar-refractivity contribution in [3.63, 3.8) is 0 Å². The van der Waals surface area contributed by atoms with E-state index in [4.69, 9.17) is 21.5 Å². The van der Waals surface area contributed by atoms with Crippen molar-refractivity contribution >= 4 is 56.4 Å². The second-order valence-corrected chi connectivity index (χ2v) is 8.71. The molecule has 0 saturated heterocycles. The Balaban J connectivity index is 0.000000383. The number of nitrogens with zero attached hydrogens (tertiary/aromatic N) is 2. The van der Waals surface area contributed by atoms with Crippen LogP contribution in [0.2, 0.25) is 5.02 Å². The summed E-state index contributed by atoms with van der Waals surface area (Å²) in [5.74, 6) is -2.14. The molecule has 14 heteroatoms. The molecule has 2 heterocycles. The first kappa shape index (κ1) is 24.1. The number of aromatic nitrogens is 2. The first-order chi connectivity index (χ1) is 15.4. The van der Waals surface area contributed by atoms with Crippen molar-refractivity contribution in [1.82, 2.24) is 9.97 Å². The summed E-state index contributed by atoms with van der Waals surface area (Å²) in [7, 11) is -3.56. The molecule has 2 aromatic carbocycles. The third-order valence-electron chi connectivity index (χ3n) is 3.93. The number of rotatable bonds is 0. The van der Waals surface area contributed by atoms with Gasteiger partial charge in [-0.15, -0.1) is 0 Å². The highest BCUT2D eigenvalue weighted by Crippen LogP contribution is 2.27. The zero-order valence-electron chi connectivity index (χ0n) is 16.4. The zero-order valence-corrected chi connectivity index (χ0v) is 18.0. The summed E-state index contributed by atoms with van der Waals surface area (Å²) < 4.78 is 59.3. The summed E-state index contributed by atoms with van der Waals surface area (Å²) in [6.07, 6.45) is -3.58. The van der Waals surface area contributed by atoms with Crippen molar-refractivity contribution in [1.29, 1.82) is 0 Å². The van der Waals surface area contributed by atoms with Crippen LogP contribution in [-0.2, 0) is 20.6 Å². The molecule has 0 amide bonds. The second-order valence-electron chi connectivity index (χ2n) is 6.59. The molecule has 1 aromatic heterocycles. The fourth-order valence-electron chi connectivity index (χ4n) is 2.62. The molecule has 9 nitrogen and oxygen atoms in total. The van der Waals surface area contributed by atoms with Crippen LogP contribution in [0.1, 0.15) is 5.56 Å². The average Bonchev–Trinajstić information content (AvgIpc) is 2.69. The number of carbonyl (C=O) groups is 1. The number of hydrogen-bond donors (Lipinski definition) is 4. The molecular weight excluding hydrogens is 487 g/mol. The Morgan fingerprint density at radius 2 is 1.64 bits per heavy atom. The van der Waals surface area contributed by atoms with Gasteiger partial charge in [0, 0.05) is 11.4 Å². The maximum absolute atomic E-state index is 12.5. The fourth-order valence-corrected chi connectivity index (χ4v) is 3.93. The topological polar surface area (TPSA) is 133 Å². The highest BCUT2D eigenvalue weighted by Gasteiger charge is 2.38. The molecule has 0 spiro atoms. The predicted molar refractivity (Wildman–Crippen MR) is 116 cm³/mol. The number of carboxylic acids is 1. The Hall–Kier alpha value is -3.58. The van der Waals surface area contributed by atoms with E-state index in [1.165, 1.54) is 6.20 Å². The number of halogens is 4. The summed E-state index contributed by atoms with van der Waals surface area (Å²) in [4.78, 5) is 17.5. The summed E-state index contributed by atoms with van der Waals surface area (Å²) in [6, 6.07) is 14.0. The largest absolute Gasteiger partial charge is 0.490 e. The average molecular weight is 502 g/mol. The van der Waals surface area contributed by atoms with Gasteiger partial charge < -0.3 is 15.7 Å². The van der Waals surface area contributed by atoms with E-state index in [9.17, 15) is 21.6 Å². The number of alkyl halides is 3. The summed E-state index contributed by atoms with van der Waals surface area (Å²) in [5.41, 5.74) is 2.42. The molecule has 0 unspecified atom stereocenters. The minimum atomic E-state index is -5.08. The van der Waals surface area contributed by atoms with Crippen molar-refractivity contribution < 1.29 is 31.5 Å². The van der Waals surface area contributed by atoms with E-state index in [-0.39, 0.29) is 5.75 Å². The molecule has 1 aliphatic heterocycles. The van der Waals surface area contributed by atoms with E-state index in [2.05, 4.69) is 25.3 Å². The lowest BCUT2D eigenvalue weighted by molar-refractivity contribution is -0.192. The van der Waals surface area contributed by atoms with Gasteiger partial charge in [0.2, 0.25) is 16.0 Å². The Labute approximate surface area is 190 Å². The van der Waals surface area contributed by atoms with Gasteiger partial charge in [0.25, 0.3) is 0 Å². The van der Waals surface area contributed by atoms with Gasteiger partial charge >= 0.3 is 12.1 Å². The van der Waals surface area contributed by atoms with Crippen LogP contribution >= 0.6 is 11.6 Å². The number of benzene rings is 2. The lowest BCUT2D eigenvalue weighted by Crippen LogP contribution is -2.21. The standard InChI is InChI=1S/C17H14ClN5O2S.C2HF3O2/c18-15-9-19-17-21-12-4-1-3-11(7-12)10-26(24,25)23-14-6-2-5-13(8-14)20-16(15)22-17;3-2(4,5)1(6)7/h1-9,23H,10H2,(H2,19,20,21,22);(H,6,7). The van der Waals surface area contributed by atoms with E-state index < -0.39 is 22.2 Å². The van der Waals surface area contributed by atoms with Gasteiger partial charge in [0.05, 0.1) is 17.6 Å². The van der Waals surface area contributed by atoms with Crippen LogP contribution in [0.15, 0.2) is 54.7 Å². The number of nitrogens with one attached hydrogen (secondary N) is 3. The molecule has 0 aliphatic carbocycles. The van der Waals surface area contributed by atoms with Crippen LogP contribution in [-0.4, -0.2) is 35.6 Å². The number of fused-ring (bicyclic) bond motifs is 6. The van der Waals surface area contributed by atoms with Crippen LogP contribution in [0.25, 0.3) is 0 Å². The SMILES string of the molecule is O=C(O)C(F)(F)F.O=S1(=O)Cc2cccc(c2)Nc2ncc(Cl)c(n2)Nc2cccc(c2)N1. The quantitative estimate of drug-likeness (QED) is 0.354. The molecule has 4 rings (SSSR count). The molecule has 6 bridgehead atoms.